The van der Waals surface area contributed by atoms with Gasteiger partial charge in [0, 0.05) is 18.2 Å². The van der Waals surface area contributed by atoms with Crippen molar-refractivity contribution in [2.24, 2.45) is 5.92 Å². The number of methoxy groups -OCH3 is 1. The molecule has 3 atom stereocenters. The molecule has 2 amide bonds. The quantitative estimate of drug-likeness (QED) is 0.724. The third-order valence-electron chi connectivity index (χ3n) is 4.50. The van der Waals surface area contributed by atoms with Crippen LogP contribution in [0.2, 0.25) is 0 Å². The van der Waals surface area contributed by atoms with Gasteiger partial charge in [0.1, 0.15) is 6.10 Å². The number of nitrogens with one attached hydrogen (secondary N) is 2. The molecule has 1 unspecified atom stereocenters. The van der Waals surface area contributed by atoms with Gasteiger partial charge in [0.2, 0.25) is 11.8 Å². The molecule has 26 heavy (non-hydrogen) atoms. The van der Waals surface area contributed by atoms with Crippen molar-refractivity contribution in [1.82, 2.24) is 5.32 Å². The summed E-state index contributed by atoms with van der Waals surface area (Å²) in [6.45, 7) is 4.16. The molecule has 1 aromatic carbocycles. The molecule has 2 N–H and O–H groups in total. The molecule has 0 aliphatic carbocycles. The van der Waals surface area contributed by atoms with Gasteiger partial charge in [-0.05, 0) is 37.0 Å². The van der Waals surface area contributed by atoms with Crippen LogP contribution in [0.15, 0.2) is 24.3 Å². The Hall–Kier alpha value is -2.41. The summed E-state index contributed by atoms with van der Waals surface area (Å²) in [6, 6.07) is 7.33. The van der Waals surface area contributed by atoms with Crippen LogP contribution < -0.4 is 10.6 Å². The summed E-state index contributed by atoms with van der Waals surface area (Å²) in [6.07, 6.45) is 0.413. The summed E-state index contributed by atoms with van der Waals surface area (Å²) in [4.78, 5) is 35.6. The largest absolute Gasteiger partial charge is 0.467 e. The highest BCUT2D eigenvalue weighted by molar-refractivity contribution is 5.92. The fraction of sp³-hybridized carbons (Fsp3) is 0.526. The van der Waals surface area contributed by atoms with E-state index in [1.165, 1.54) is 7.11 Å². The van der Waals surface area contributed by atoms with Crippen LogP contribution >= 0.6 is 0 Å². The van der Waals surface area contributed by atoms with Crippen LogP contribution in [0.4, 0.5) is 5.69 Å². The first-order valence-corrected chi connectivity index (χ1v) is 8.85. The van der Waals surface area contributed by atoms with Gasteiger partial charge in [-0.15, -0.1) is 0 Å². The van der Waals surface area contributed by atoms with E-state index >= 15 is 0 Å². The van der Waals surface area contributed by atoms with Crippen molar-refractivity contribution in [3.05, 3.63) is 29.8 Å². The van der Waals surface area contributed by atoms with Crippen LogP contribution in [0.5, 0.6) is 0 Å². The van der Waals surface area contributed by atoms with Crippen LogP contribution in [-0.2, 0) is 30.4 Å². The maximum absolute atomic E-state index is 12.2. The summed E-state index contributed by atoms with van der Waals surface area (Å²) >= 11 is 0. The zero-order valence-electron chi connectivity index (χ0n) is 15.4. The zero-order valence-corrected chi connectivity index (χ0v) is 15.4. The predicted octanol–water partition coefficient (Wildman–Crippen LogP) is 2.01. The number of esters is 1. The number of hydrogen-bond acceptors (Lipinski definition) is 5. The molecule has 1 fully saturated rings. The van der Waals surface area contributed by atoms with E-state index in [-0.39, 0.29) is 17.7 Å². The van der Waals surface area contributed by atoms with Crippen molar-refractivity contribution >= 4 is 23.5 Å². The second kappa shape index (κ2) is 9.33. The highest BCUT2D eigenvalue weighted by Crippen LogP contribution is 2.21. The monoisotopic (exact) mass is 362 g/mol. The summed E-state index contributed by atoms with van der Waals surface area (Å²) in [5.74, 6) is -0.793. The van der Waals surface area contributed by atoms with Gasteiger partial charge >= 0.3 is 5.97 Å². The molecule has 7 heteroatoms. The van der Waals surface area contributed by atoms with Gasteiger partial charge < -0.3 is 20.1 Å². The first-order chi connectivity index (χ1) is 12.4. The molecule has 0 saturated carbocycles. The van der Waals surface area contributed by atoms with Crippen LogP contribution in [0, 0.1) is 5.92 Å². The molecule has 0 aromatic heterocycles. The maximum atomic E-state index is 12.2. The van der Waals surface area contributed by atoms with E-state index in [2.05, 4.69) is 15.4 Å². The topological polar surface area (TPSA) is 93.7 Å². The van der Waals surface area contributed by atoms with E-state index in [0.29, 0.717) is 25.1 Å². The first-order valence-electron chi connectivity index (χ1n) is 8.85. The minimum Gasteiger partial charge on any atom is -0.467 e. The standard InChI is InChI=1S/C19H26N2O5/c1-4-12(2)17(22)21-14-7-5-6-13(10-14)11-20-18(23)15-8-9-16(26-15)19(24)25-3/h5-7,10,12,15-16H,4,8-9,11H2,1-3H3,(H,20,23)(H,21,22)/t12?,15-,16+/m0/s1. The predicted molar refractivity (Wildman–Crippen MR) is 96.3 cm³/mol. The number of hydrogen-bond donors (Lipinski definition) is 2. The number of anilines is 1. The van der Waals surface area contributed by atoms with E-state index in [4.69, 9.17) is 4.74 Å². The van der Waals surface area contributed by atoms with Crippen molar-refractivity contribution in [2.75, 3.05) is 12.4 Å². The molecule has 0 bridgehead atoms. The molecule has 1 aromatic rings. The number of ether oxygens (including phenoxy) is 2. The van der Waals surface area contributed by atoms with Gasteiger partial charge in [0.05, 0.1) is 7.11 Å². The minimum absolute atomic E-state index is 0.0260. The van der Waals surface area contributed by atoms with Crippen molar-refractivity contribution in [2.45, 2.75) is 51.9 Å². The Balaban J connectivity index is 1.86. The molecular weight excluding hydrogens is 336 g/mol. The summed E-state index contributed by atoms with van der Waals surface area (Å²) in [5, 5.41) is 5.68. The Morgan fingerprint density at radius 3 is 2.69 bits per heavy atom. The molecule has 1 heterocycles. The van der Waals surface area contributed by atoms with Gasteiger partial charge in [-0.3, -0.25) is 9.59 Å². The second-order valence-corrected chi connectivity index (χ2v) is 6.43. The second-order valence-electron chi connectivity index (χ2n) is 6.43. The molecule has 1 aliphatic heterocycles. The van der Waals surface area contributed by atoms with Crippen LogP contribution in [0.1, 0.15) is 38.7 Å². The fourth-order valence-corrected chi connectivity index (χ4v) is 2.65. The van der Waals surface area contributed by atoms with E-state index in [0.717, 1.165) is 12.0 Å². The zero-order chi connectivity index (χ0) is 19.1. The molecule has 0 spiro atoms. The van der Waals surface area contributed by atoms with Crippen molar-refractivity contribution in [3.63, 3.8) is 0 Å². The van der Waals surface area contributed by atoms with Crippen molar-refractivity contribution < 1.29 is 23.9 Å². The summed E-state index contributed by atoms with van der Waals surface area (Å²) in [5.41, 5.74) is 1.56. The average Bonchev–Trinajstić information content (AvgIpc) is 3.15. The Morgan fingerprint density at radius 2 is 2.00 bits per heavy atom. The number of carbonyl (C=O) groups excluding carboxylic acids is 3. The third-order valence-corrected chi connectivity index (χ3v) is 4.50. The lowest BCUT2D eigenvalue weighted by molar-refractivity contribution is -0.155. The molecule has 1 aliphatic rings. The van der Waals surface area contributed by atoms with E-state index in [1.807, 2.05) is 38.1 Å². The average molecular weight is 362 g/mol. The normalized spacial score (nSPS) is 20.3. The number of carbonyl (C=O) groups is 3. The molecule has 7 nitrogen and oxygen atoms in total. The maximum Gasteiger partial charge on any atom is 0.335 e. The lowest BCUT2D eigenvalue weighted by Gasteiger charge is -2.14. The van der Waals surface area contributed by atoms with E-state index in [1.54, 1.807) is 0 Å². The fourth-order valence-electron chi connectivity index (χ4n) is 2.65. The van der Waals surface area contributed by atoms with Crippen LogP contribution in [0.3, 0.4) is 0 Å². The third kappa shape index (κ3) is 5.29. The van der Waals surface area contributed by atoms with Gasteiger partial charge in [-0.25, -0.2) is 4.79 Å². The molecule has 142 valence electrons. The van der Waals surface area contributed by atoms with E-state index < -0.39 is 18.2 Å². The number of amides is 2. The Kier molecular flexibility index (Phi) is 7.15. The molecular formula is C19H26N2O5. The number of rotatable bonds is 7. The van der Waals surface area contributed by atoms with E-state index in [9.17, 15) is 14.4 Å². The van der Waals surface area contributed by atoms with Gasteiger partial charge in [0.25, 0.3) is 0 Å². The lowest BCUT2D eigenvalue weighted by Crippen LogP contribution is -2.35. The van der Waals surface area contributed by atoms with Crippen LogP contribution in [-0.4, -0.2) is 37.1 Å². The van der Waals surface area contributed by atoms with Gasteiger partial charge in [-0.2, -0.15) is 0 Å². The Morgan fingerprint density at radius 1 is 1.27 bits per heavy atom. The molecule has 2 rings (SSSR count). The Bertz CT molecular complexity index is 661. The highest BCUT2D eigenvalue weighted by Gasteiger charge is 2.35. The molecule has 1 saturated heterocycles. The van der Waals surface area contributed by atoms with Crippen molar-refractivity contribution in [1.29, 1.82) is 0 Å². The Labute approximate surface area is 153 Å². The summed E-state index contributed by atoms with van der Waals surface area (Å²) < 4.78 is 10.1. The molecule has 0 radical (unpaired) electrons. The van der Waals surface area contributed by atoms with Crippen molar-refractivity contribution in [3.8, 4) is 0 Å². The SMILES string of the molecule is CCC(C)C(=O)Nc1cccc(CNC(=O)[C@@H]2CC[C@H](C(=O)OC)O2)c1. The van der Waals surface area contributed by atoms with Crippen LogP contribution in [0.25, 0.3) is 0 Å². The number of benzene rings is 1. The van der Waals surface area contributed by atoms with Gasteiger partial charge in [0.15, 0.2) is 6.10 Å². The highest BCUT2D eigenvalue weighted by atomic mass is 16.6. The smallest absolute Gasteiger partial charge is 0.335 e. The first kappa shape index (κ1) is 19.9. The lowest BCUT2D eigenvalue weighted by atomic mass is 10.1. The summed E-state index contributed by atoms with van der Waals surface area (Å²) in [7, 11) is 1.30. The minimum atomic E-state index is -0.671. The van der Waals surface area contributed by atoms with Gasteiger partial charge in [-0.1, -0.05) is 26.0 Å².